The average molecular weight is 336 g/mol. The molecule has 0 bridgehead atoms. The third-order valence-electron chi connectivity index (χ3n) is 4.84. The lowest BCUT2D eigenvalue weighted by Gasteiger charge is -2.35. The second-order valence-corrected chi connectivity index (χ2v) is 6.75. The van der Waals surface area contributed by atoms with Crippen LogP contribution >= 0.6 is 0 Å². The molecule has 0 radical (unpaired) electrons. The smallest absolute Gasteiger partial charge is 0.125 e. The molecule has 1 fully saturated rings. The molecule has 0 amide bonds. The van der Waals surface area contributed by atoms with Crippen molar-refractivity contribution in [2.24, 2.45) is 0 Å². The summed E-state index contributed by atoms with van der Waals surface area (Å²) in [6.07, 6.45) is -0.463. The Hall–Kier alpha value is -1.14. The number of methoxy groups -OCH3 is 1. The topological polar surface area (TPSA) is 45.2 Å². The number of rotatable bonds is 8. The van der Waals surface area contributed by atoms with Gasteiger partial charge in [0.25, 0.3) is 0 Å². The number of ether oxygens (including phenoxy) is 2. The molecule has 0 unspecified atom stereocenters. The SMILES string of the molecule is COCCN1CCN(C[C@H](O)COc2c(C)ccc(C)c2C)CC1. The van der Waals surface area contributed by atoms with Gasteiger partial charge in [-0.25, -0.2) is 0 Å². The molecule has 0 spiro atoms. The summed E-state index contributed by atoms with van der Waals surface area (Å²) in [5, 5.41) is 10.3. The first kappa shape index (κ1) is 19.2. The van der Waals surface area contributed by atoms with Crippen LogP contribution in [0.5, 0.6) is 5.75 Å². The zero-order valence-electron chi connectivity index (χ0n) is 15.5. The zero-order valence-corrected chi connectivity index (χ0v) is 15.5. The number of β-amino-alcohol motifs (C(OH)–C–C–N with tert-alkyl or cyclic N) is 1. The first-order valence-corrected chi connectivity index (χ1v) is 8.82. The van der Waals surface area contributed by atoms with E-state index in [1.807, 2.05) is 6.92 Å². The van der Waals surface area contributed by atoms with E-state index < -0.39 is 6.10 Å². The minimum absolute atomic E-state index is 0.342. The van der Waals surface area contributed by atoms with Crippen LogP contribution in [0.2, 0.25) is 0 Å². The first-order chi connectivity index (χ1) is 11.5. The van der Waals surface area contributed by atoms with Gasteiger partial charge in [-0.15, -0.1) is 0 Å². The maximum absolute atomic E-state index is 10.3. The molecule has 1 aromatic rings. The monoisotopic (exact) mass is 336 g/mol. The van der Waals surface area contributed by atoms with Crippen LogP contribution in [-0.2, 0) is 4.74 Å². The molecular formula is C19H32N2O3. The second-order valence-electron chi connectivity index (χ2n) is 6.75. The van der Waals surface area contributed by atoms with Crippen LogP contribution in [0.1, 0.15) is 16.7 Å². The molecule has 1 N–H and O–H groups in total. The zero-order chi connectivity index (χ0) is 17.5. The Labute approximate surface area is 146 Å². The summed E-state index contributed by atoms with van der Waals surface area (Å²) in [7, 11) is 1.74. The van der Waals surface area contributed by atoms with Gasteiger partial charge in [-0.05, 0) is 37.5 Å². The van der Waals surface area contributed by atoms with E-state index in [4.69, 9.17) is 9.47 Å². The summed E-state index contributed by atoms with van der Waals surface area (Å²) in [5.74, 6) is 0.915. The van der Waals surface area contributed by atoms with Crippen LogP contribution in [0.15, 0.2) is 12.1 Å². The molecular weight excluding hydrogens is 304 g/mol. The van der Waals surface area contributed by atoms with Gasteiger partial charge in [0.1, 0.15) is 18.5 Å². The molecule has 1 saturated heterocycles. The predicted octanol–water partition coefficient (Wildman–Crippen LogP) is 1.62. The number of nitrogens with zero attached hydrogens (tertiary/aromatic N) is 2. The van der Waals surface area contributed by atoms with E-state index in [1.165, 1.54) is 5.56 Å². The average Bonchev–Trinajstić information content (AvgIpc) is 2.57. The fourth-order valence-corrected chi connectivity index (χ4v) is 3.09. The number of aliphatic hydroxyl groups is 1. The summed E-state index contributed by atoms with van der Waals surface area (Å²) in [6.45, 7) is 13.0. The van der Waals surface area contributed by atoms with Gasteiger partial charge in [-0.3, -0.25) is 9.80 Å². The maximum atomic E-state index is 10.3. The van der Waals surface area contributed by atoms with Gasteiger partial charge in [0, 0.05) is 46.4 Å². The molecule has 5 nitrogen and oxygen atoms in total. The molecule has 0 aromatic heterocycles. The first-order valence-electron chi connectivity index (χ1n) is 8.82. The van der Waals surface area contributed by atoms with Crippen molar-refractivity contribution in [3.63, 3.8) is 0 Å². The third kappa shape index (κ3) is 5.45. The van der Waals surface area contributed by atoms with Crippen LogP contribution < -0.4 is 4.74 Å². The van der Waals surface area contributed by atoms with Crippen molar-refractivity contribution in [1.82, 2.24) is 9.80 Å². The predicted molar refractivity (Wildman–Crippen MR) is 96.9 cm³/mol. The second kappa shape index (κ2) is 9.37. The maximum Gasteiger partial charge on any atom is 0.125 e. The van der Waals surface area contributed by atoms with Crippen LogP contribution in [0.25, 0.3) is 0 Å². The highest BCUT2D eigenvalue weighted by Crippen LogP contribution is 2.25. The quantitative estimate of drug-likeness (QED) is 0.781. The summed E-state index contributed by atoms with van der Waals surface area (Å²) in [4.78, 5) is 4.72. The Balaban J connectivity index is 1.75. The van der Waals surface area contributed by atoms with Crippen molar-refractivity contribution in [1.29, 1.82) is 0 Å². The highest BCUT2D eigenvalue weighted by molar-refractivity contribution is 5.44. The van der Waals surface area contributed by atoms with Crippen molar-refractivity contribution in [2.45, 2.75) is 26.9 Å². The fourth-order valence-electron chi connectivity index (χ4n) is 3.09. The molecule has 1 heterocycles. The van der Waals surface area contributed by atoms with Crippen LogP contribution in [-0.4, -0.2) is 80.6 Å². The molecule has 2 rings (SSSR count). The molecule has 136 valence electrons. The Bertz CT molecular complexity index is 514. The van der Waals surface area contributed by atoms with Crippen LogP contribution in [0.4, 0.5) is 0 Å². The summed E-state index contributed by atoms with van der Waals surface area (Å²) in [6, 6.07) is 4.18. The van der Waals surface area contributed by atoms with Crippen molar-refractivity contribution < 1.29 is 14.6 Å². The molecule has 1 aliphatic rings. The standard InChI is InChI=1S/C19H32N2O3/c1-15-5-6-16(2)19(17(15)3)24-14-18(22)13-21-9-7-20(8-10-21)11-12-23-4/h5-6,18,22H,7-14H2,1-4H3/t18-/m0/s1. The largest absolute Gasteiger partial charge is 0.490 e. The Morgan fingerprint density at radius 3 is 2.33 bits per heavy atom. The van der Waals surface area contributed by atoms with Crippen LogP contribution in [0, 0.1) is 20.8 Å². The number of piperazine rings is 1. The summed E-state index contributed by atoms with van der Waals surface area (Å²) < 4.78 is 11.0. The van der Waals surface area contributed by atoms with Crippen LogP contribution in [0.3, 0.4) is 0 Å². The number of benzene rings is 1. The van der Waals surface area contributed by atoms with E-state index in [0.29, 0.717) is 13.2 Å². The highest BCUT2D eigenvalue weighted by Gasteiger charge is 2.19. The molecule has 24 heavy (non-hydrogen) atoms. The lowest BCUT2D eigenvalue weighted by molar-refractivity contribution is 0.0402. The Kier molecular flexibility index (Phi) is 7.49. The van der Waals surface area contributed by atoms with Gasteiger partial charge in [-0.2, -0.15) is 0 Å². The number of hydrogen-bond acceptors (Lipinski definition) is 5. The normalized spacial score (nSPS) is 17.9. The fraction of sp³-hybridized carbons (Fsp3) is 0.684. The van der Waals surface area contributed by atoms with Gasteiger partial charge in [0.05, 0.1) is 6.61 Å². The van der Waals surface area contributed by atoms with Crippen molar-refractivity contribution in [3.05, 3.63) is 28.8 Å². The third-order valence-corrected chi connectivity index (χ3v) is 4.84. The summed E-state index contributed by atoms with van der Waals surface area (Å²) in [5.41, 5.74) is 3.50. The summed E-state index contributed by atoms with van der Waals surface area (Å²) >= 11 is 0. The Morgan fingerprint density at radius 2 is 1.67 bits per heavy atom. The lowest BCUT2D eigenvalue weighted by atomic mass is 10.1. The molecule has 1 aromatic carbocycles. The van der Waals surface area contributed by atoms with E-state index in [1.54, 1.807) is 7.11 Å². The lowest BCUT2D eigenvalue weighted by Crippen LogP contribution is -2.49. The number of aryl methyl sites for hydroxylation is 2. The van der Waals surface area contributed by atoms with Crippen molar-refractivity contribution in [2.75, 3.05) is 59.6 Å². The van der Waals surface area contributed by atoms with Gasteiger partial charge >= 0.3 is 0 Å². The molecule has 1 aliphatic heterocycles. The van der Waals surface area contributed by atoms with Gasteiger partial charge in [0.15, 0.2) is 0 Å². The minimum atomic E-state index is -0.463. The minimum Gasteiger partial charge on any atom is -0.490 e. The number of hydrogen-bond donors (Lipinski definition) is 1. The molecule has 0 aliphatic carbocycles. The van der Waals surface area contributed by atoms with Crippen molar-refractivity contribution in [3.8, 4) is 5.75 Å². The van der Waals surface area contributed by atoms with Gasteiger partial charge in [-0.1, -0.05) is 12.1 Å². The Morgan fingerprint density at radius 1 is 1.04 bits per heavy atom. The van der Waals surface area contributed by atoms with E-state index in [2.05, 4.69) is 35.8 Å². The highest BCUT2D eigenvalue weighted by atomic mass is 16.5. The van der Waals surface area contributed by atoms with Gasteiger partial charge in [0.2, 0.25) is 0 Å². The van der Waals surface area contributed by atoms with Gasteiger partial charge < -0.3 is 14.6 Å². The number of aliphatic hydroxyl groups excluding tert-OH is 1. The molecule has 1 atom stereocenters. The van der Waals surface area contributed by atoms with E-state index in [-0.39, 0.29) is 0 Å². The van der Waals surface area contributed by atoms with E-state index >= 15 is 0 Å². The van der Waals surface area contributed by atoms with E-state index in [0.717, 1.165) is 56.2 Å². The molecule has 5 heteroatoms. The van der Waals surface area contributed by atoms with Crippen molar-refractivity contribution >= 4 is 0 Å². The van der Waals surface area contributed by atoms with E-state index in [9.17, 15) is 5.11 Å². The molecule has 0 saturated carbocycles.